The average molecular weight is 279 g/mol. The van der Waals surface area contributed by atoms with Crippen LogP contribution in [0.1, 0.15) is 49.5 Å². The van der Waals surface area contributed by atoms with Crippen molar-refractivity contribution in [2.75, 3.05) is 0 Å². The van der Waals surface area contributed by atoms with Crippen molar-refractivity contribution in [1.82, 2.24) is 10.3 Å². The zero-order chi connectivity index (χ0) is 15.0. The van der Waals surface area contributed by atoms with Crippen LogP contribution < -0.4 is 5.32 Å². The Morgan fingerprint density at radius 3 is 2.75 bits per heavy atom. The maximum atomic E-state index is 11.8. The third-order valence-electron chi connectivity index (χ3n) is 2.71. The molecule has 0 atom stereocenters. The second-order valence-electron chi connectivity index (χ2n) is 4.32. The molecule has 7 nitrogen and oxygen atoms in total. The Labute approximate surface area is 116 Å². The highest BCUT2D eigenvalue weighted by Gasteiger charge is 2.22. The van der Waals surface area contributed by atoms with Crippen molar-refractivity contribution >= 4 is 17.5 Å². The van der Waals surface area contributed by atoms with Crippen LogP contribution in [0.2, 0.25) is 0 Å². The smallest absolute Gasteiger partial charge is 0.291 e. The Hall–Kier alpha value is -2.31. The molecule has 20 heavy (non-hydrogen) atoms. The van der Waals surface area contributed by atoms with Gasteiger partial charge in [0.25, 0.3) is 5.91 Å². The fourth-order valence-electron chi connectivity index (χ4n) is 1.68. The van der Waals surface area contributed by atoms with Crippen LogP contribution >= 0.6 is 0 Å². The summed E-state index contributed by atoms with van der Waals surface area (Å²) in [7, 11) is 0. The van der Waals surface area contributed by atoms with Crippen LogP contribution in [-0.2, 0) is 4.79 Å². The number of nitrogens with zero attached hydrogens (tertiary/aromatic N) is 2. The molecule has 0 saturated carbocycles. The Kier molecular flexibility index (Phi) is 6.28. The predicted molar refractivity (Wildman–Crippen MR) is 72.1 cm³/mol. The van der Waals surface area contributed by atoms with E-state index in [1.807, 2.05) is 0 Å². The molecule has 0 spiro atoms. The summed E-state index contributed by atoms with van der Waals surface area (Å²) in [6.45, 7) is 2.06. The first kappa shape index (κ1) is 15.7. The van der Waals surface area contributed by atoms with Crippen LogP contribution in [0.25, 0.3) is 0 Å². The second-order valence-corrected chi connectivity index (χ2v) is 4.32. The number of rotatable bonds is 7. The SMILES string of the molecule is CCCCCCC(=O)NC(=O)c1ncccc1[N+](=O)[O-]. The van der Waals surface area contributed by atoms with E-state index in [2.05, 4.69) is 17.2 Å². The summed E-state index contributed by atoms with van der Waals surface area (Å²) in [5.41, 5.74) is -0.761. The topological polar surface area (TPSA) is 102 Å². The highest BCUT2D eigenvalue weighted by molar-refractivity contribution is 6.05. The van der Waals surface area contributed by atoms with Crippen LogP contribution in [0.4, 0.5) is 5.69 Å². The number of nitrogens with one attached hydrogen (secondary N) is 1. The molecule has 1 rings (SSSR count). The molecule has 0 aromatic carbocycles. The monoisotopic (exact) mass is 279 g/mol. The van der Waals surface area contributed by atoms with Crippen molar-refractivity contribution in [3.63, 3.8) is 0 Å². The van der Waals surface area contributed by atoms with Crippen molar-refractivity contribution in [3.05, 3.63) is 34.1 Å². The lowest BCUT2D eigenvalue weighted by Gasteiger charge is -2.04. The molecule has 0 fully saturated rings. The molecule has 0 radical (unpaired) electrons. The van der Waals surface area contributed by atoms with E-state index < -0.39 is 22.4 Å². The fourth-order valence-corrected chi connectivity index (χ4v) is 1.68. The van der Waals surface area contributed by atoms with E-state index in [9.17, 15) is 19.7 Å². The summed E-state index contributed by atoms with van der Waals surface area (Å²) < 4.78 is 0. The van der Waals surface area contributed by atoms with E-state index >= 15 is 0 Å². The maximum Gasteiger partial charge on any atom is 0.300 e. The average Bonchev–Trinajstić information content (AvgIpc) is 2.43. The number of carbonyl (C=O) groups excluding carboxylic acids is 2. The summed E-state index contributed by atoms with van der Waals surface area (Å²) in [4.78, 5) is 37.0. The standard InChI is InChI=1S/C13H17N3O4/c1-2-3-4-5-8-11(17)15-13(18)12-10(16(19)20)7-6-9-14-12/h6-7,9H,2-5,8H2,1H3,(H,15,17,18). The predicted octanol–water partition coefficient (Wildman–Crippen LogP) is 2.22. The number of amides is 2. The molecule has 1 heterocycles. The van der Waals surface area contributed by atoms with E-state index in [1.54, 1.807) is 0 Å². The van der Waals surface area contributed by atoms with Crippen molar-refractivity contribution in [1.29, 1.82) is 0 Å². The number of pyridine rings is 1. The number of nitro groups is 1. The van der Waals surface area contributed by atoms with Gasteiger partial charge in [-0.15, -0.1) is 0 Å². The van der Waals surface area contributed by atoms with Gasteiger partial charge in [-0.3, -0.25) is 25.0 Å². The summed E-state index contributed by atoms with van der Waals surface area (Å²) >= 11 is 0. The van der Waals surface area contributed by atoms with Gasteiger partial charge < -0.3 is 0 Å². The lowest BCUT2D eigenvalue weighted by molar-refractivity contribution is -0.385. The molecule has 7 heteroatoms. The van der Waals surface area contributed by atoms with Crippen molar-refractivity contribution in [2.24, 2.45) is 0 Å². The van der Waals surface area contributed by atoms with Gasteiger partial charge in [-0.25, -0.2) is 4.98 Å². The van der Waals surface area contributed by atoms with Gasteiger partial charge in [0.15, 0.2) is 0 Å². The summed E-state index contributed by atoms with van der Waals surface area (Å²) in [5, 5.41) is 12.9. The number of hydrogen-bond donors (Lipinski definition) is 1. The summed E-state index contributed by atoms with van der Waals surface area (Å²) in [6, 6.07) is 2.54. The second kappa shape index (κ2) is 7.98. The van der Waals surface area contributed by atoms with Gasteiger partial charge >= 0.3 is 5.69 Å². The van der Waals surface area contributed by atoms with Gasteiger partial charge in [0.05, 0.1) is 4.92 Å². The van der Waals surface area contributed by atoms with E-state index in [1.165, 1.54) is 18.3 Å². The van der Waals surface area contributed by atoms with Gasteiger partial charge in [0.1, 0.15) is 0 Å². The van der Waals surface area contributed by atoms with E-state index in [0.29, 0.717) is 6.42 Å². The van der Waals surface area contributed by atoms with Crippen molar-refractivity contribution < 1.29 is 14.5 Å². The minimum Gasteiger partial charge on any atom is -0.291 e. The lowest BCUT2D eigenvalue weighted by Crippen LogP contribution is -2.31. The maximum absolute atomic E-state index is 11.8. The first-order chi connectivity index (χ1) is 9.56. The fraction of sp³-hybridized carbons (Fsp3) is 0.462. The van der Waals surface area contributed by atoms with Gasteiger partial charge in [-0.1, -0.05) is 26.2 Å². The first-order valence-electron chi connectivity index (χ1n) is 6.49. The largest absolute Gasteiger partial charge is 0.300 e. The molecule has 0 bridgehead atoms. The quantitative estimate of drug-likeness (QED) is 0.468. The number of unbranched alkanes of at least 4 members (excludes halogenated alkanes) is 3. The Bertz CT molecular complexity index is 502. The Balaban J connectivity index is 2.58. The minimum atomic E-state index is -0.835. The highest BCUT2D eigenvalue weighted by Crippen LogP contribution is 2.14. The zero-order valence-corrected chi connectivity index (χ0v) is 11.3. The Morgan fingerprint density at radius 2 is 2.10 bits per heavy atom. The zero-order valence-electron chi connectivity index (χ0n) is 11.3. The molecular weight excluding hydrogens is 262 g/mol. The third-order valence-corrected chi connectivity index (χ3v) is 2.71. The van der Waals surface area contributed by atoms with Crippen molar-refractivity contribution in [2.45, 2.75) is 39.0 Å². The number of imide groups is 1. The molecule has 0 aliphatic carbocycles. The molecule has 2 amide bonds. The van der Waals surface area contributed by atoms with Gasteiger partial charge in [-0.05, 0) is 12.5 Å². The normalized spacial score (nSPS) is 10.1. The number of hydrogen-bond acceptors (Lipinski definition) is 5. The first-order valence-corrected chi connectivity index (χ1v) is 6.49. The third kappa shape index (κ3) is 4.75. The summed E-state index contributed by atoms with van der Waals surface area (Å²) in [5.74, 6) is -1.27. The summed E-state index contributed by atoms with van der Waals surface area (Å²) in [6.07, 6.45) is 5.20. The van der Waals surface area contributed by atoms with Crippen LogP contribution in [0.5, 0.6) is 0 Å². The van der Waals surface area contributed by atoms with Gasteiger partial charge in [0, 0.05) is 18.7 Å². The molecule has 1 aromatic heterocycles. The van der Waals surface area contributed by atoms with Crippen LogP contribution in [0, 0.1) is 10.1 Å². The number of carbonyl (C=O) groups is 2. The van der Waals surface area contributed by atoms with Crippen LogP contribution in [0.15, 0.2) is 18.3 Å². The minimum absolute atomic E-state index is 0.229. The van der Waals surface area contributed by atoms with Gasteiger partial charge in [-0.2, -0.15) is 0 Å². The van der Waals surface area contributed by atoms with E-state index in [4.69, 9.17) is 0 Å². The van der Waals surface area contributed by atoms with Gasteiger partial charge in [0.2, 0.25) is 11.6 Å². The molecular formula is C13H17N3O4. The highest BCUT2D eigenvalue weighted by atomic mass is 16.6. The molecule has 108 valence electrons. The molecule has 0 aliphatic rings. The Morgan fingerprint density at radius 1 is 1.35 bits per heavy atom. The lowest BCUT2D eigenvalue weighted by atomic mass is 10.1. The van der Waals surface area contributed by atoms with E-state index in [0.717, 1.165) is 19.3 Å². The number of aromatic nitrogens is 1. The molecule has 0 saturated heterocycles. The molecule has 1 N–H and O–H groups in total. The van der Waals surface area contributed by atoms with Crippen LogP contribution in [0.3, 0.4) is 0 Å². The van der Waals surface area contributed by atoms with Crippen molar-refractivity contribution in [3.8, 4) is 0 Å². The van der Waals surface area contributed by atoms with E-state index in [-0.39, 0.29) is 12.1 Å². The molecule has 1 aromatic rings. The van der Waals surface area contributed by atoms with Crippen LogP contribution in [-0.4, -0.2) is 21.7 Å². The molecule has 0 unspecified atom stereocenters. The molecule has 0 aliphatic heterocycles.